The van der Waals surface area contributed by atoms with E-state index < -0.39 is 0 Å². The molecule has 0 amide bonds. The lowest BCUT2D eigenvalue weighted by atomic mass is 9.87. The molecule has 0 aliphatic carbocycles. The highest BCUT2D eigenvalue weighted by atomic mass is 16.5. The number of ether oxygens (including phenoxy) is 3. The van der Waals surface area contributed by atoms with Crippen LogP contribution in [0, 0.1) is 0 Å². The van der Waals surface area contributed by atoms with E-state index >= 15 is 0 Å². The molecule has 0 saturated heterocycles. The number of amidine groups is 1. The van der Waals surface area contributed by atoms with Crippen LogP contribution in [-0.4, -0.2) is 44.8 Å². The van der Waals surface area contributed by atoms with Crippen LogP contribution in [0.4, 0.5) is 0 Å². The van der Waals surface area contributed by atoms with Crippen LogP contribution >= 0.6 is 0 Å². The van der Waals surface area contributed by atoms with Crippen LogP contribution in [0.1, 0.15) is 38.8 Å². The number of allylic oxidation sites excluding steroid dienone is 1. The predicted octanol–water partition coefficient (Wildman–Crippen LogP) is 3.03. The Labute approximate surface area is 143 Å². The van der Waals surface area contributed by atoms with Crippen molar-refractivity contribution < 1.29 is 14.2 Å². The molecule has 0 bridgehead atoms. The molecule has 1 aromatic carbocycles. The number of fused-ring (bicyclic) bond motifs is 1. The summed E-state index contributed by atoms with van der Waals surface area (Å²) in [4.78, 5) is 4.55. The molecule has 0 fully saturated rings. The van der Waals surface area contributed by atoms with Gasteiger partial charge in [-0.25, -0.2) is 0 Å². The Kier molecular flexibility index (Phi) is 4.54. The third-order valence-corrected chi connectivity index (χ3v) is 4.79. The Morgan fingerprint density at radius 2 is 2.00 bits per heavy atom. The molecule has 2 aliphatic rings. The normalized spacial score (nSPS) is 18.6. The van der Waals surface area contributed by atoms with Crippen molar-refractivity contribution in [2.24, 2.45) is 4.99 Å². The molecule has 0 saturated carbocycles. The van der Waals surface area contributed by atoms with E-state index in [4.69, 9.17) is 14.2 Å². The molecule has 0 radical (unpaired) electrons. The minimum Gasteiger partial charge on any atom is -0.490 e. The molecule has 0 aromatic heterocycles. The molecule has 5 heteroatoms. The van der Waals surface area contributed by atoms with Gasteiger partial charge in [-0.05, 0) is 44.9 Å². The van der Waals surface area contributed by atoms with Crippen LogP contribution < -0.4 is 14.8 Å². The van der Waals surface area contributed by atoms with E-state index in [0.29, 0.717) is 13.2 Å². The van der Waals surface area contributed by atoms with Crippen LogP contribution in [0.2, 0.25) is 0 Å². The molecular weight excluding hydrogens is 304 g/mol. The Hall–Kier alpha value is -2.01. The van der Waals surface area contributed by atoms with Gasteiger partial charge >= 0.3 is 0 Å². The summed E-state index contributed by atoms with van der Waals surface area (Å²) in [7, 11) is 1.67. The monoisotopic (exact) mass is 330 g/mol. The van der Waals surface area contributed by atoms with E-state index in [9.17, 15) is 0 Å². The molecule has 130 valence electrons. The Bertz CT molecular complexity index is 705. The second kappa shape index (κ2) is 6.48. The van der Waals surface area contributed by atoms with Gasteiger partial charge in [0.1, 0.15) is 29.5 Å². The molecule has 1 aromatic rings. The van der Waals surface area contributed by atoms with Gasteiger partial charge in [-0.3, -0.25) is 4.99 Å². The quantitative estimate of drug-likeness (QED) is 0.843. The molecule has 5 nitrogen and oxygen atoms in total. The number of rotatable bonds is 5. The molecule has 0 atom stereocenters. The average molecular weight is 330 g/mol. The largest absolute Gasteiger partial charge is 0.490 e. The summed E-state index contributed by atoms with van der Waals surface area (Å²) < 4.78 is 17.3. The number of hydrogen-bond acceptors (Lipinski definition) is 5. The molecule has 1 N–H and O–H groups in total. The first-order valence-corrected chi connectivity index (χ1v) is 8.40. The number of nitrogens with zero attached hydrogens (tertiary/aromatic N) is 1. The number of aliphatic imine (C=N–C) groups is 1. The molecular formula is C19H26N2O3. The van der Waals surface area contributed by atoms with Crippen molar-refractivity contribution >= 4 is 11.4 Å². The highest BCUT2D eigenvalue weighted by Crippen LogP contribution is 2.43. The van der Waals surface area contributed by atoms with Gasteiger partial charge in [-0.1, -0.05) is 0 Å². The summed E-state index contributed by atoms with van der Waals surface area (Å²) in [5.74, 6) is 2.53. The smallest absolute Gasteiger partial charge is 0.134 e. The molecule has 2 aliphatic heterocycles. The fourth-order valence-electron chi connectivity index (χ4n) is 3.06. The van der Waals surface area contributed by atoms with Crippen molar-refractivity contribution in [3.05, 3.63) is 28.8 Å². The standard InChI is InChI=1S/C19H26N2O3/c1-12-13(2)19(3,4)24-17-11-16(23-9-8-22-5)15(10-14(12)17)18-20-6-7-21-18/h10-11H,6-9H2,1-5H3,(H,20,21). The first kappa shape index (κ1) is 16.8. The molecule has 0 spiro atoms. The van der Waals surface area contributed by atoms with E-state index in [0.717, 1.165) is 41.6 Å². The summed E-state index contributed by atoms with van der Waals surface area (Å²) >= 11 is 0. The van der Waals surface area contributed by atoms with Crippen LogP contribution in [0.5, 0.6) is 11.5 Å². The summed E-state index contributed by atoms with van der Waals surface area (Å²) in [6, 6.07) is 4.11. The Morgan fingerprint density at radius 1 is 1.21 bits per heavy atom. The SMILES string of the molecule is COCCOc1cc2c(cc1C1=NCCN1)C(C)=C(C)C(C)(C)O2. The van der Waals surface area contributed by atoms with Crippen LogP contribution in [0.25, 0.3) is 5.57 Å². The maximum absolute atomic E-state index is 6.24. The zero-order valence-electron chi connectivity index (χ0n) is 15.2. The van der Waals surface area contributed by atoms with Gasteiger partial charge in [0.25, 0.3) is 0 Å². The topological polar surface area (TPSA) is 52.1 Å². The van der Waals surface area contributed by atoms with Crippen molar-refractivity contribution in [2.45, 2.75) is 33.3 Å². The lowest BCUT2D eigenvalue weighted by Crippen LogP contribution is -2.33. The van der Waals surface area contributed by atoms with Gasteiger partial charge in [0.05, 0.1) is 18.7 Å². The minimum absolute atomic E-state index is 0.314. The summed E-state index contributed by atoms with van der Waals surface area (Å²) in [5, 5.41) is 3.33. The number of nitrogens with one attached hydrogen (secondary N) is 1. The van der Waals surface area contributed by atoms with Gasteiger partial charge in [-0.2, -0.15) is 0 Å². The zero-order valence-corrected chi connectivity index (χ0v) is 15.2. The zero-order chi connectivity index (χ0) is 17.3. The number of hydrogen-bond donors (Lipinski definition) is 1. The van der Waals surface area contributed by atoms with Crippen molar-refractivity contribution in [1.29, 1.82) is 0 Å². The Morgan fingerprint density at radius 3 is 2.67 bits per heavy atom. The van der Waals surface area contributed by atoms with E-state index in [1.54, 1.807) is 7.11 Å². The van der Waals surface area contributed by atoms with Crippen molar-refractivity contribution in [2.75, 3.05) is 33.4 Å². The third kappa shape index (κ3) is 3.00. The van der Waals surface area contributed by atoms with Crippen molar-refractivity contribution in [3.63, 3.8) is 0 Å². The van der Waals surface area contributed by atoms with Gasteiger partial charge in [0, 0.05) is 25.3 Å². The van der Waals surface area contributed by atoms with E-state index in [2.05, 4.69) is 44.1 Å². The van der Waals surface area contributed by atoms with Crippen LogP contribution in [0.3, 0.4) is 0 Å². The van der Waals surface area contributed by atoms with E-state index in [1.807, 2.05) is 6.07 Å². The van der Waals surface area contributed by atoms with Crippen molar-refractivity contribution in [3.8, 4) is 11.5 Å². The summed E-state index contributed by atoms with van der Waals surface area (Å²) in [5.41, 5.74) is 4.28. The van der Waals surface area contributed by atoms with Gasteiger partial charge < -0.3 is 19.5 Å². The second-order valence-electron chi connectivity index (χ2n) is 6.71. The van der Waals surface area contributed by atoms with E-state index in [1.165, 1.54) is 11.1 Å². The summed E-state index contributed by atoms with van der Waals surface area (Å²) in [6.45, 7) is 11.2. The molecule has 3 rings (SSSR count). The van der Waals surface area contributed by atoms with Gasteiger partial charge in [0.15, 0.2) is 0 Å². The van der Waals surface area contributed by atoms with Crippen molar-refractivity contribution in [1.82, 2.24) is 5.32 Å². The fourth-order valence-corrected chi connectivity index (χ4v) is 3.06. The molecule has 0 unspecified atom stereocenters. The number of methoxy groups -OCH3 is 1. The lowest BCUT2D eigenvalue weighted by molar-refractivity contribution is 0.138. The van der Waals surface area contributed by atoms with Crippen LogP contribution in [0.15, 0.2) is 22.7 Å². The van der Waals surface area contributed by atoms with Crippen LogP contribution in [-0.2, 0) is 4.74 Å². The first-order valence-electron chi connectivity index (χ1n) is 8.40. The Balaban J connectivity index is 2.07. The number of benzene rings is 1. The minimum atomic E-state index is -0.314. The molecule has 2 heterocycles. The third-order valence-electron chi connectivity index (χ3n) is 4.79. The van der Waals surface area contributed by atoms with Gasteiger partial charge in [-0.15, -0.1) is 0 Å². The molecule has 24 heavy (non-hydrogen) atoms. The first-order chi connectivity index (χ1) is 11.4. The second-order valence-corrected chi connectivity index (χ2v) is 6.71. The summed E-state index contributed by atoms with van der Waals surface area (Å²) in [6.07, 6.45) is 0. The average Bonchev–Trinajstić information content (AvgIpc) is 3.06. The maximum Gasteiger partial charge on any atom is 0.134 e. The lowest BCUT2D eigenvalue weighted by Gasteiger charge is -2.35. The highest BCUT2D eigenvalue weighted by Gasteiger charge is 2.32. The predicted molar refractivity (Wildman–Crippen MR) is 96.2 cm³/mol. The van der Waals surface area contributed by atoms with E-state index in [-0.39, 0.29) is 5.60 Å². The highest BCUT2D eigenvalue weighted by molar-refractivity contribution is 6.03. The maximum atomic E-state index is 6.24. The van der Waals surface area contributed by atoms with Gasteiger partial charge in [0.2, 0.25) is 0 Å². The fraction of sp³-hybridized carbons (Fsp3) is 0.526.